The zero-order valence-corrected chi connectivity index (χ0v) is 21.8. The molecular formula is C32H34N2S. The van der Waals surface area contributed by atoms with Gasteiger partial charge < -0.3 is 5.32 Å². The van der Waals surface area contributed by atoms with Crippen LogP contribution in [0.4, 0.5) is 5.69 Å². The number of nitrogens with one attached hydrogen (secondary N) is 1. The number of anilines is 1. The van der Waals surface area contributed by atoms with E-state index in [2.05, 4.69) is 91.2 Å². The number of aliphatic imine (C=N–C) groups is 1. The molecule has 2 aromatic carbocycles. The fourth-order valence-electron chi connectivity index (χ4n) is 4.72. The Hall–Kier alpha value is -3.43. The van der Waals surface area contributed by atoms with Crippen LogP contribution in [0.1, 0.15) is 43.2 Å². The van der Waals surface area contributed by atoms with Crippen LogP contribution in [0, 0.1) is 0 Å². The second-order valence-corrected chi connectivity index (χ2v) is 9.71. The lowest BCUT2D eigenvalue weighted by Crippen LogP contribution is -2.03. The number of rotatable bonds is 1. The third-order valence-corrected chi connectivity index (χ3v) is 7.54. The summed E-state index contributed by atoms with van der Waals surface area (Å²) in [5.41, 5.74) is 8.90. The smallest absolute Gasteiger partial charge is 0.0710 e. The topological polar surface area (TPSA) is 24.4 Å². The molecule has 0 amide bonds. The van der Waals surface area contributed by atoms with Crippen LogP contribution in [0.3, 0.4) is 0 Å². The quantitative estimate of drug-likeness (QED) is 0.346. The predicted octanol–water partition coefficient (Wildman–Crippen LogP) is 9.16. The highest BCUT2D eigenvalue weighted by Gasteiger charge is 2.24. The summed E-state index contributed by atoms with van der Waals surface area (Å²) in [5.74, 6) is 0. The van der Waals surface area contributed by atoms with Gasteiger partial charge in [0.2, 0.25) is 0 Å². The minimum absolute atomic E-state index is 0.333. The largest absolute Gasteiger partial charge is 0.359 e. The van der Waals surface area contributed by atoms with Gasteiger partial charge in [-0.1, -0.05) is 81.1 Å². The predicted molar refractivity (Wildman–Crippen MR) is 158 cm³/mol. The summed E-state index contributed by atoms with van der Waals surface area (Å²) in [5, 5.41) is 4.92. The van der Waals surface area contributed by atoms with Crippen LogP contribution in [0.5, 0.6) is 0 Å². The molecule has 0 saturated heterocycles. The Morgan fingerprint density at radius 1 is 1.00 bits per heavy atom. The highest BCUT2D eigenvalue weighted by molar-refractivity contribution is 7.19. The van der Waals surface area contributed by atoms with E-state index >= 15 is 0 Å². The Labute approximate surface area is 213 Å². The Balaban J connectivity index is 0.000000245. The molecular weight excluding hydrogens is 444 g/mol. The maximum Gasteiger partial charge on any atom is 0.0710 e. The van der Waals surface area contributed by atoms with Gasteiger partial charge in [0.05, 0.1) is 6.04 Å². The van der Waals surface area contributed by atoms with Crippen molar-refractivity contribution in [2.45, 2.75) is 46.1 Å². The van der Waals surface area contributed by atoms with Gasteiger partial charge in [0.25, 0.3) is 0 Å². The lowest BCUT2D eigenvalue weighted by atomic mass is 9.86. The second kappa shape index (κ2) is 11.3. The number of hydrogen-bond acceptors (Lipinski definition) is 3. The number of fused-ring (bicyclic) bond motifs is 7. The molecule has 0 saturated carbocycles. The van der Waals surface area contributed by atoms with Gasteiger partial charge in [0.1, 0.15) is 0 Å². The SMILES string of the molecule is C=C1/C=C\C=C(\C)Nc2ccc3sc4c(c3c21)-c1ccccc1CC4.C=NC1C=CC=CC1.CC. The lowest BCUT2D eigenvalue weighted by Gasteiger charge is -2.20. The van der Waals surface area contributed by atoms with Crippen LogP contribution in [0.15, 0.2) is 96.2 Å². The molecule has 178 valence electrons. The normalized spacial score (nSPS) is 19.6. The maximum atomic E-state index is 4.37. The van der Waals surface area contributed by atoms with Crippen LogP contribution in [0.2, 0.25) is 0 Å². The van der Waals surface area contributed by atoms with Gasteiger partial charge in [0, 0.05) is 37.5 Å². The Morgan fingerprint density at radius 2 is 1.83 bits per heavy atom. The molecule has 0 fully saturated rings. The third-order valence-electron chi connectivity index (χ3n) is 6.33. The Morgan fingerprint density at radius 3 is 2.57 bits per heavy atom. The number of allylic oxidation sites excluding steroid dienone is 7. The first-order chi connectivity index (χ1) is 17.2. The summed E-state index contributed by atoms with van der Waals surface area (Å²) in [6.07, 6.45) is 17.8. The standard InChI is InChI=1S/C23H19NS.C7H9N.C2H6/c1-14-6-5-7-15(2)24-18-11-13-20-23(21(14)18)22-17-9-4-3-8-16(17)10-12-19(22)25-20;1-8-7-5-3-2-4-6-7;1-2/h3-9,11,13,24H,1,10,12H2,2H3;2-5,7H,1,6H2;1-2H3/b6-5-,15-7-;;. The molecule has 0 bridgehead atoms. The van der Waals surface area contributed by atoms with E-state index in [0.717, 1.165) is 36.2 Å². The van der Waals surface area contributed by atoms with Crippen LogP contribution >= 0.6 is 11.3 Å². The number of benzene rings is 2. The minimum Gasteiger partial charge on any atom is -0.359 e. The van der Waals surface area contributed by atoms with E-state index in [1.54, 1.807) is 0 Å². The molecule has 3 aliphatic rings. The van der Waals surface area contributed by atoms with Gasteiger partial charge in [0.15, 0.2) is 0 Å². The minimum atomic E-state index is 0.333. The van der Waals surface area contributed by atoms with Gasteiger partial charge in [-0.05, 0) is 67.8 Å². The molecule has 3 aromatic rings. The van der Waals surface area contributed by atoms with E-state index in [0.29, 0.717) is 6.04 Å². The first-order valence-corrected chi connectivity index (χ1v) is 13.2. The summed E-state index contributed by atoms with van der Waals surface area (Å²) < 4.78 is 1.36. The van der Waals surface area contributed by atoms with Gasteiger partial charge >= 0.3 is 0 Å². The average molecular weight is 479 g/mol. The van der Waals surface area contributed by atoms with E-state index in [-0.39, 0.29) is 0 Å². The summed E-state index contributed by atoms with van der Waals surface area (Å²) in [4.78, 5) is 5.37. The van der Waals surface area contributed by atoms with Crippen molar-refractivity contribution in [3.05, 3.63) is 107 Å². The van der Waals surface area contributed by atoms with E-state index in [9.17, 15) is 0 Å². The van der Waals surface area contributed by atoms with Crippen molar-refractivity contribution in [3.8, 4) is 11.1 Å². The molecule has 6 rings (SSSR count). The lowest BCUT2D eigenvalue weighted by molar-refractivity contribution is 0.834. The Bertz CT molecular complexity index is 1360. The van der Waals surface area contributed by atoms with Gasteiger partial charge in [-0.3, -0.25) is 4.99 Å². The molecule has 2 heterocycles. The molecule has 1 aliphatic heterocycles. The molecule has 3 heteroatoms. The molecule has 2 aliphatic carbocycles. The monoisotopic (exact) mass is 478 g/mol. The molecule has 1 atom stereocenters. The fourth-order valence-corrected chi connectivity index (χ4v) is 5.94. The molecule has 1 aromatic heterocycles. The van der Waals surface area contributed by atoms with Crippen LogP contribution in [-0.4, -0.2) is 12.8 Å². The fraction of sp³-hybridized carbons (Fsp3) is 0.219. The number of aryl methyl sites for hydroxylation is 2. The van der Waals surface area contributed by atoms with Crippen molar-refractivity contribution in [1.82, 2.24) is 0 Å². The first-order valence-electron chi connectivity index (χ1n) is 12.4. The zero-order chi connectivity index (χ0) is 24.8. The third kappa shape index (κ3) is 5.16. The summed E-state index contributed by atoms with van der Waals surface area (Å²) in [6.45, 7) is 13.9. The highest BCUT2D eigenvalue weighted by atomic mass is 32.1. The maximum absolute atomic E-state index is 4.37. The molecule has 0 radical (unpaired) electrons. The van der Waals surface area contributed by atoms with Crippen molar-refractivity contribution in [1.29, 1.82) is 0 Å². The van der Waals surface area contributed by atoms with E-state index in [4.69, 9.17) is 0 Å². The summed E-state index contributed by atoms with van der Waals surface area (Å²) in [7, 11) is 0. The molecule has 35 heavy (non-hydrogen) atoms. The van der Waals surface area contributed by atoms with Crippen LogP contribution < -0.4 is 5.32 Å². The first kappa shape index (κ1) is 24.7. The highest BCUT2D eigenvalue weighted by Crippen LogP contribution is 2.48. The number of hydrogen-bond donors (Lipinski definition) is 1. The average Bonchev–Trinajstić information content (AvgIpc) is 3.29. The molecule has 2 nitrogen and oxygen atoms in total. The molecule has 1 unspecified atom stereocenters. The van der Waals surface area contributed by atoms with Gasteiger partial charge in [-0.2, -0.15) is 0 Å². The number of thiophene rings is 1. The zero-order valence-electron chi connectivity index (χ0n) is 21.0. The van der Waals surface area contributed by atoms with Crippen molar-refractivity contribution in [2.75, 3.05) is 5.32 Å². The van der Waals surface area contributed by atoms with Crippen molar-refractivity contribution in [2.24, 2.45) is 4.99 Å². The number of nitrogens with zero attached hydrogens (tertiary/aromatic N) is 1. The van der Waals surface area contributed by atoms with Crippen molar-refractivity contribution < 1.29 is 0 Å². The van der Waals surface area contributed by atoms with E-state index in [1.165, 1.54) is 37.2 Å². The summed E-state index contributed by atoms with van der Waals surface area (Å²) >= 11 is 1.94. The second-order valence-electron chi connectivity index (χ2n) is 8.58. The van der Waals surface area contributed by atoms with Crippen LogP contribution in [0.25, 0.3) is 26.8 Å². The van der Waals surface area contributed by atoms with Crippen molar-refractivity contribution in [3.63, 3.8) is 0 Å². The summed E-state index contributed by atoms with van der Waals surface area (Å²) in [6, 6.07) is 13.7. The van der Waals surface area contributed by atoms with Gasteiger partial charge in [-0.15, -0.1) is 11.3 Å². The van der Waals surface area contributed by atoms with Crippen molar-refractivity contribution >= 4 is 39.4 Å². The van der Waals surface area contributed by atoms with E-state index in [1.807, 2.05) is 43.4 Å². The molecule has 1 N–H and O–H groups in total. The van der Waals surface area contributed by atoms with Gasteiger partial charge in [-0.25, -0.2) is 0 Å². The van der Waals surface area contributed by atoms with Crippen LogP contribution in [-0.2, 0) is 12.8 Å². The van der Waals surface area contributed by atoms with E-state index < -0.39 is 0 Å². The Kier molecular flexibility index (Phi) is 7.99. The molecule has 0 spiro atoms.